The van der Waals surface area contributed by atoms with Crippen molar-refractivity contribution in [1.82, 2.24) is 0 Å². The topological polar surface area (TPSA) is 51.2 Å². The van der Waals surface area contributed by atoms with Crippen molar-refractivity contribution in [3.05, 3.63) is 64.7 Å². The number of hydrogen-bond acceptors (Lipinski definition) is 3. The summed E-state index contributed by atoms with van der Waals surface area (Å²) in [4.78, 5) is 11.1. The third-order valence-electron chi connectivity index (χ3n) is 2.72. The largest absolute Gasteiger partial charge is 0.293 e. The molecule has 3 nitrogen and oxygen atoms in total. The number of carbonyl (C=O) groups is 1. The standard InChI is InChI=1S/C14H9ClF2O3S/c15-10-3-1-9(2-4-10)13(18)8-21(19,20)14-7-11(16)5-6-12(14)17/h1-7H,8H2. The van der Waals surface area contributed by atoms with Gasteiger partial charge in [-0.15, -0.1) is 0 Å². The van der Waals surface area contributed by atoms with Crippen LogP contribution in [-0.2, 0) is 9.84 Å². The molecule has 21 heavy (non-hydrogen) atoms. The number of Topliss-reactive ketones (excluding diaryl/α,β-unsaturated/α-hetero) is 1. The van der Waals surface area contributed by atoms with Gasteiger partial charge in [-0.25, -0.2) is 17.2 Å². The lowest BCUT2D eigenvalue weighted by Crippen LogP contribution is -2.17. The minimum Gasteiger partial charge on any atom is -0.293 e. The van der Waals surface area contributed by atoms with Crippen molar-refractivity contribution in [3.63, 3.8) is 0 Å². The van der Waals surface area contributed by atoms with E-state index in [4.69, 9.17) is 11.6 Å². The normalized spacial score (nSPS) is 11.4. The highest BCUT2D eigenvalue weighted by atomic mass is 35.5. The van der Waals surface area contributed by atoms with Gasteiger partial charge in [0.15, 0.2) is 15.6 Å². The zero-order chi connectivity index (χ0) is 15.6. The molecule has 0 bridgehead atoms. The number of rotatable bonds is 4. The van der Waals surface area contributed by atoms with Crippen LogP contribution in [-0.4, -0.2) is 20.0 Å². The number of carbonyl (C=O) groups excluding carboxylic acids is 1. The Labute approximate surface area is 125 Å². The molecule has 0 aliphatic rings. The maximum atomic E-state index is 13.5. The Morgan fingerprint density at radius 2 is 1.67 bits per heavy atom. The molecule has 0 radical (unpaired) electrons. The molecule has 0 atom stereocenters. The summed E-state index contributed by atoms with van der Waals surface area (Å²) in [5.41, 5.74) is 0.125. The molecule has 0 saturated carbocycles. The summed E-state index contributed by atoms with van der Waals surface area (Å²) in [6, 6.07) is 7.66. The lowest BCUT2D eigenvalue weighted by Gasteiger charge is -2.06. The van der Waals surface area contributed by atoms with Gasteiger partial charge in [0.25, 0.3) is 0 Å². The Balaban J connectivity index is 2.31. The third kappa shape index (κ3) is 3.65. The summed E-state index contributed by atoms with van der Waals surface area (Å²) in [6.45, 7) is 0. The molecule has 0 heterocycles. The van der Waals surface area contributed by atoms with Gasteiger partial charge in [-0.3, -0.25) is 4.79 Å². The van der Waals surface area contributed by atoms with E-state index >= 15 is 0 Å². The first-order valence-electron chi connectivity index (χ1n) is 5.76. The molecule has 0 aliphatic carbocycles. The fourth-order valence-electron chi connectivity index (χ4n) is 1.68. The van der Waals surface area contributed by atoms with Gasteiger partial charge in [0.1, 0.15) is 22.3 Å². The van der Waals surface area contributed by atoms with E-state index < -0.39 is 37.9 Å². The van der Waals surface area contributed by atoms with Gasteiger partial charge in [0.05, 0.1) is 0 Å². The summed E-state index contributed by atoms with van der Waals surface area (Å²) in [7, 11) is -4.27. The van der Waals surface area contributed by atoms with Crippen molar-refractivity contribution < 1.29 is 22.0 Å². The number of halogens is 3. The predicted molar refractivity (Wildman–Crippen MR) is 74.2 cm³/mol. The second-order valence-corrected chi connectivity index (χ2v) is 6.66. The molecule has 0 spiro atoms. The lowest BCUT2D eigenvalue weighted by molar-refractivity contribution is 0.102. The smallest absolute Gasteiger partial charge is 0.188 e. The zero-order valence-corrected chi connectivity index (χ0v) is 12.1. The maximum absolute atomic E-state index is 13.5. The van der Waals surface area contributed by atoms with Crippen molar-refractivity contribution in [3.8, 4) is 0 Å². The Bertz CT molecular complexity index is 786. The highest BCUT2D eigenvalue weighted by Gasteiger charge is 2.24. The van der Waals surface area contributed by atoms with Gasteiger partial charge in [-0.05, 0) is 42.5 Å². The van der Waals surface area contributed by atoms with Crippen LogP contribution in [0, 0.1) is 11.6 Å². The van der Waals surface area contributed by atoms with Gasteiger partial charge < -0.3 is 0 Å². The van der Waals surface area contributed by atoms with Crippen LogP contribution in [0.5, 0.6) is 0 Å². The minimum absolute atomic E-state index is 0.125. The number of sulfone groups is 1. The van der Waals surface area contributed by atoms with E-state index in [1.165, 1.54) is 24.3 Å². The van der Waals surface area contributed by atoms with E-state index in [1.54, 1.807) is 0 Å². The second kappa shape index (κ2) is 5.91. The second-order valence-electron chi connectivity index (χ2n) is 4.26. The molecule has 0 fully saturated rings. The van der Waals surface area contributed by atoms with Crippen LogP contribution in [0.3, 0.4) is 0 Å². The lowest BCUT2D eigenvalue weighted by atomic mass is 10.1. The first kappa shape index (κ1) is 15.6. The molecule has 0 aromatic heterocycles. The van der Waals surface area contributed by atoms with Crippen LogP contribution in [0.4, 0.5) is 8.78 Å². The first-order valence-corrected chi connectivity index (χ1v) is 7.79. The molecule has 0 aliphatic heterocycles. The van der Waals surface area contributed by atoms with E-state index in [0.717, 1.165) is 6.07 Å². The highest BCUT2D eigenvalue weighted by molar-refractivity contribution is 7.92. The van der Waals surface area contributed by atoms with Gasteiger partial charge in [-0.2, -0.15) is 0 Å². The SMILES string of the molecule is O=C(CS(=O)(=O)c1cc(F)ccc1F)c1ccc(Cl)cc1. The van der Waals surface area contributed by atoms with E-state index in [9.17, 15) is 22.0 Å². The molecule has 0 unspecified atom stereocenters. The zero-order valence-electron chi connectivity index (χ0n) is 10.5. The molecule has 110 valence electrons. The molecule has 0 N–H and O–H groups in total. The van der Waals surface area contributed by atoms with Gasteiger partial charge in [-0.1, -0.05) is 11.6 Å². The fraction of sp³-hybridized carbons (Fsp3) is 0.0714. The summed E-state index contributed by atoms with van der Waals surface area (Å²) >= 11 is 5.66. The Hall–Kier alpha value is -1.79. The Kier molecular flexibility index (Phi) is 4.39. The van der Waals surface area contributed by atoms with Crippen molar-refractivity contribution in [2.24, 2.45) is 0 Å². The van der Waals surface area contributed by atoms with Crippen LogP contribution >= 0.6 is 11.6 Å². The van der Waals surface area contributed by atoms with Crippen LogP contribution < -0.4 is 0 Å². The number of benzene rings is 2. The van der Waals surface area contributed by atoms with Crippen molar-refractivity contribution >= 4 is 27.2 Å². The van der Waals surface area contributed by atoms with Gasteiger partial charge >= 0.3 is 0 Å². The van der Waals surface area contributed by atoms with E-state index in [2.05, 4.69) is 0 Å². The van der Waals surface area contributed by atoms with E-state index in [0.29, 0.717) is 17.2 Å². The quantitative estimate of drug-likeness (QED) is 0.808. The van der Waals surface area contributed by atoms with Crippen molar-refractivity contribution in [2.75, 3.05) is 5.75 Å². The molecule has 2 rings (SSSR count). The molecule has 0 saturated heterocycles. The molecular formula is C14H9ClF2O3S. The predicted octanol–water partition coefficient (Wildman–Crippen LogP) is 3.27. The average Bonchev–Trinajstić information content (AvgIpc) is 2.41. The monoisotopic (exact) mass is 330 g/mol. The third-order valence-corrected chi connectivity index (χ3v) is 4.59. The Morgan fingerprint density at radius 1 is 1.05 bits per heavy atom. The highest BCUT2D eigenvalue weighted by Crippen LogP contribution is 2.19. The number of ketones is 1. The van der Waals surface area contributed by atoms with Gasteiger partial charge in [0, 0.05) is 10.6 Å². The molecule has 7 heteroatoms. The molecule has 2 aromatic rings. The van der Waals surface area contributed by atoms with Gasteiger partial charge in [0.2, 0.25) is 0 Å². The average molecular weight is 331 g/mol. The molecular weight excluding hydrogens is 322 g/mol. The summed E-state index contributed by atoms with van der Waals surface area (Å²) in [6.07, 6.45) is 0. The van der Waals surface area contributed by atoms with Crippen LogP contribution in [0.2, 0.25) is 5.02 Å². The summed E-state index contributed by atoms with van der Waals surface area (Å²) in [5.74, 6) is -3.67. The van der Waals surface area contributed by atoms with Crippen LogP contribution in [0.15, 0.2) is 47.4 Å². The minimum atomic E-state index is -4.27. The first-order chi connectivity index (χ1) is 9.79. The fourth-order valence-corrected chi connectivity index (χ4v) is 3.14. The number of hydrogen-bond donors (Lipinski definition) is 0. The van der Waals surface area contributed by atoms with Crippen molar-refractivity contribution in [1.29, 1.82) is 0 Å². The van der Waals surface area contributed by atoms with E-state index in [1.807, 2.05) is 0 Å². The maximum Gasteiger partial charge on any atom is 0.188 e. The summed E-state index contributed by atoms with van der Waals surface area (Å²) in [5, 5.41) is 0.394. The van der Waals surface area contributed by atoms with Crippen molar-refractivity contribution in [2.45, 2.75) is 4.90 Å². The van der Waals surface area contributed by atoms with Crippen LogP contribution in [0.1, 0.15) is 10.4 Å². The summed E-state index contributed by atoms with van der Waals surface area (Å²) < 4.78 is 50.6. The Morgan fingerprint density at radius 3 is 2.29 bits per heavy atom. The molecule has 0 amide bonds. The molecule has 2 aromatic carbocycles. The van der Waals surface area contributed by atoms with Crippen LogP contribution in [0.25, 0.3) is 0 Å². The van der Waals surface area contributed by atoms with E-state index in [-0.39, 0.29) is 5.56 Å².